The zero-order valence-corrected chi connectivity index (χ0v) is 21.3. The normalized spacial score (nSPS) is 21.9. The van der Waals surface area contributed by atoms with E-state index in [-0.39, 0.29) is 30.6 Å². The van der Waals surface area contributed by atoms with Gasteiger partial charge in [-0.2, -0.15) is 0 Å². The number of aliphatic hydroxyl groups excluding tert-OH is 1. The molecule has 1 fully saturated rings. The van der Waals surface area contributed by atoms with E-state index in [1.165, 1.54) is 12.5 Å². The Labute approximate surface area is 213 Å². The quantitative estimate of drug-likeness (QED) is 0.455. The highest BCUT2D eigenvalue weighted by Crippen LogP contribution is 2.41. The molecule has 0 saturated carbocycles. The lowest BCUT2D eigenvalue weighted by molar-refractivity contribution is -0.276. The molecule has 36 heavy (non-hydrogen) atoms. The van der Waals surface area contributed by atoms with E-state index in [1.54, 1.807) is 0 Å². The Morgan fingerprint density at radius 2 is 1.53 bits per heavy atom. The summed E-state index contributed by atoms with van der Waals surface area (Å²) in [4.78, 5) is 13.5. The number of carbonyl (C=O) groups excluding carboxylic acids is 1. The van der Waals surface area contributed by atoms with E-state index >= 15 is 0 Å². The molecule has 0 aromatic heterocycles. The lowest BCUT2D eigenvalue weighted by atomic mass is 9.90. The number of hydrogen-bond acceptors (Lipinski definition) is 5. The van der Waals surface area contributed by atoms with Gasteiger partial charge in [0, 0.05) is 38.0 Å². The van der Waals surface area contributed by atoms with Crippen LogP contribution in [0.15, 0.2) is 78.9 Å². The molecule has 0 bridgehead atoms. The molecule has 190 valence electrons. The highest BCUT2D eigenvalue weighted by atomic mass is 16.7. The van der Waals surface area contributed by atoms with Gasteiger partial charge in [0.1, 0.15) is 0 Å². The molecule has 0 unspecified atom stereocenters. The van der Waals surface area contributed by atoms with Crippen molar-refractivity contribution in [3.8, 4) is 0 Å². The zero-order valence-electron chi connectivity index (χ0n) is 21.3. The van der Waals surface area contributed by atoms with Crippen molar-refractivity contribution in [1.82, 2.24) is 10.2 Å². The molecule has 1 saturated heterocycles. The van der Waals surface area contributed by atoms with Gasteiger partial charge in [-0.05, 0) is 29.3 Å². The van der Waals surface area contributed by atoms with Crippen molar-refractivity contribution in [1.29, 1.82) is 0 Å². The summed E-state index contributed by atoms with van der Waals surface area (Å²) in [5, 5.41) is 12.3. The molecular weight excluding hydrogens is 452 g/mol. The maximum Gasteiger partial charge on any atom is 0.217 e. The summed E-state index contributed by atoms with van der Waals surface area (Å²) < 4.78 is 13.1. The van der Waals surface area contributed by atoms with Gasteiger partial charge in [0.25, 0.3) is 0 Å². The van der Waals surface area contributed by atoms with E-state index in [0.29, 0.717) is 6.54 Å². The summed E-state index contributed by atoms with van der Waals surface area (Å²) >= 11 is 0. The topological polar surface area (TPSA) is 71.0 Å². The predicted octanol–water partition coefficient (Wildman–Crippen LogP) is 4.74. The maximum atomic E-state index is 11.2. The third kappa shape index (κ3) is 6.80. The number of likely N-dealkylation sites (N-methyl/N-ethyl adjacent to an activating group) is 1. The van der Waals surface area contributed by atoms with Crippen LogP contribution >= 0.6 is 0 Å². The monoisotopic (exact) mass is 488 g/mol. The second kappa shape index (κ2) is 12.3. The molecule has 4 rings (SSSR count). The van der Waals surface area contributed by atoms with Crippen molar-refractivity contribution in [3.05, 3.63) is 107 Å². The van der Waals surface area contributed by atoms with Crippen LogP contribution in [0.5, 0.6) is 0 Å². The SMILES string of the molecule is CC(=O)NCc1ccc([C@H]2O[C@@H](CN(C)Cc3ccccc3)[C@@H](C)[C@@H](c3ccc(CO)cc3)O2)cc1. The number of benzene rings is 3. The van der Waals surface area contributed by atoms with Gasteiger partial charge in [0.15, 0.2) is 6.29 Å². The molecule has 1 aliphatic rings. The first-order valence-electron chi connectivity index (χ1n) is 12.5. The van der Waals surface area contributed by atoms with Crippen molar-refractivity contribution in [2.75, 3.05) is 13.6 Å². The molecule has 1 aliphatic heterocycles. The number of nitrogens with one attached hydrogen (secondary N) is 1. The average Bonchev–Trinajstić information content (AvgIpc) is 2.89. The minimum atomic E-state index is -0.506. The molecule has 0 radical (unpaired) electrons. The van der Waals surface area contributed by atoms with Gasteiger partial charge in [0.05, 0.1) is 18.8 Å². The summed E-state index contributed by atoms with van der Waals surface area (Å²) in [5.41, 5.74) is 5.19. The van der Waals surface area contributed by atoms with Crippen molar-refractivity contribution in [2.45, 2.75) is 52.0 Å². The van der Waals surface area contributed by atoms with Crippen molar-refractivity contribution >= 4 is 5.91 Å². The number of rotatable bonds is 9. The first-order chi connectivity index (χ1) is 17.4. The van der Waals surface area contributed by atoms with Crippen molar-refractivity contribution in [3.63, 3.8) is 0 Å². The summed E-state index contributed by atoms with van der Waals surface area (Å²) in [5.74, 6) is 0.0722. The van der Waals surface area contributed by atoms with E-state index in [0.717, 1.165) is 35.3 Å². The molecule has 6 nitrogen and oxygen atoms in total. The molecule has 2 N–H and O–H groups in total. The van der Waals surface area contributed by atoms with E-state index in [4.69, 9.17) is 9.47 Å². The lowest BCUT2D eigenvalue weighted by Crippen LogP contribution is -2.43. The minimum absolute atomic E-state index is 0.0187. The molecule has 0 spiro atoms. The van der Waals surface area contributed by atoms with Crippen LogP contribution in [0, 0.1) is 5.92 Å². The van der Waals surface area contributed by atoms with Gasteiger partial charge in [-0.15, -0.1) is 0 Å². The molecule has 0 aliphatic carbocycles. The highest BCUT2D eigenvalue weighted by Gasteiger charge is 2.38. The number of nitrogens with zero attached hydrogens (tertiary/aromatic N) is 1. The lowest BCUT2D eigenvalue weighted by Gasteiger charge is -2.42. The third-order valence-corrected chi connectivity index (χ3v) is 6.70. The molecule has 1 amide bonds. The van der Waals surface area contributed by atoms with Crippen molar-refractivity contribution < 1.29 is 19.4 Å². The molecule has 3 aromatic rings. The van der Waals surface area contributed by atoms with E-state index in [2.05, 4.69) is 48.5 Å². The third-order valence-electron chi connectivity index (χ3n) is 6.70. The van der Waals surface area contributed by atoms with Crippen LogP contribution in [0.2, 0.25) is 0 Å². The van der Waals surface area contributed by atoms with Crippen LogP contribution in [0.3, 0.4) is 0 Å². The number of aliphatic hydroxyl groups is 1. The van der Waals surface area contributed by atoms with Crippen LogP contribution in [-0.4, -0.2) is 35.6 Å². The summed E-state index contributed by atoms with van der Waals surface area (Å²) in [7, 11) is 2.12. The molecule has 6 heteroatoms. The number of ether oxygens (including phenoxy) is 2. The fourth-order valence-corrected chi connectivity index (χ4v) is 4.61. The zero-order chi connectivity index (χ0) is 25.5. The standard InChI is InChI=1S/C30H36N2O4/c1-21-28(19-32(3)18-24-7-5-4-6-8-24)35-30(27-15-9-23(10-16-27)17-31-22(2)34)36-29(21)26-13-11-25(20-33)12-14-26/h4-16,21,28-30,33H,17-20H2,1-3H3,(H,31,34)/t21-,28+,29+,30+/m1/s1. The van der Waals surface area contributed by atoms with Crippen molar-refractivity contribution in [2.24, 2.45) is 5.92 Å². The Morgan fingerprint density at radius 3 is 2.17 bits per heavy atom. The number of hydrogen-bond donors (Lipinski definition) is 2. The average molecular weight is 489 g/mol. The largest absolute Gasteiger partial charge is 0.392 e. The van der Waals surface area contributed by atoms with Crippen LogP contribution in [0.1, 0.15) is 54.1 Å². The van der Waals surface area contributed by atoms with E-state index < -0.39 is 6.29 Å². The number of amides is 1. The van der Waals surface area contributed by atoms with Crippen LogP contribution in [-0.2, 0) is 34.0 Å². The van der Waals surface area contributed by atoms with Gasteiger partial charge < -0.3 is 19.9 Å². The van der Waals surface area contributed by atoms with Crippen LogP contribution in [0.25, 0.3) is 0 Å². The Morgan fingerprint density at radius 1 is 0.889 bits per heavy atom. The van der Waals surface area contributed by atoms with Gasteiger partial charge in [-0.25, -0.2) is 0 Å². The summed E-state index contributed by atoms with van der Waals surface area (Å²) in [6.45, 7) is 5.81. The first-order valence-corrected chi connectivity index (χ1v) is 12.5. The fourth-order valence-electron chi connectivity index (χ4n) is 4.61. The molecular formula is C30H36N2O4. The van der Waals surface area contributed by atoms with E-state index in [9.17, 15) is 9.90 Å². The summed E-state index contributed by atoms with van der Waals surface area (Å²) in [6.07, 6.45) is -0.696. The minimum Gasteiger partial charge on any atom is -0.392 e. The highest BCUT2D eigenvalue weighted by molar-refractivity contribution is 5.72. The Bertz CT molecular complexity index is 1100. The first kappa shape index (κ1) is 26.0. The maximum absolute atomic E-state index is 11.2. The fraction of sp³-hybridized carbons (Fsp3) is 0.367. The Kier molecular flexibility index (Phi) is 8.88. The second-order valence-corrected chi connectivity index (χ2v) is 9.66. The van der Waals surface area contributed by atoms with Crippen LogP contribution < -0.4 is 5.32 Å². The van der Waals surface area contributed by atoms with Gasteiger partial charge in [-0.3, -0.25) is 9.69 Å². The Hall–Kier alpha value is -3.03. The molecule has 1 heterocycles. The Balaban J connectivity index is 1.54. The molecule has 3 aromatic carbocycles. The smallest absolute Gasteiger partial charge is 0.217 e. The van der Waals surface area contributed by atoms with Crippen LogP contribution in [0.4, 0.5) is 0 Å². The second-order valence-electron chi connectivity index (χ2n) is 9.66. The van der Waals surface area contributed by atoms with Gasteiger partial charge >= 0.3 is 0 Å². The summed E-state index contributed by atoms with van der Waals surface area (Å²) in [6, 6.07) is 26.4. The number of carbonyl (C=O) groups is 1. The predicted molar refractivity (Wildman–Crippen MR) is 140 cm³/mol. The molecule has 4 atom stereocenters. The van der Waals surface area contributed by atoms with Gasteiger partial charge in [-0.1, -0.05) is 85.8 Å². The van der Waals surface area contributed by atoms with E-state index in [1.807, 2.05) is 54.6 Å². The van der Waals surface area contributed by atoms with Gasteiger partial charge in [0.2, 0.25) is 5.91 Å².